The minimum absolute atomic E-state index is 0.567. The molecule has 0 aromatic heterocycles. The van der Waals surface area contributed by atoms with E-state index in [0.29, 0.717) is 6.61 Å². The standard InChI is InChI=1S/C5H10N2O2/c1-3-9-7-5-4-6-8-2/h4-5H,3H2,1-2H3. The van der Waals surface area contributed by atoms with Gasteiger partial charge < -0.3 is 9.68 Å². The van der Waals surface area contributed by atoms with Gasteiger partial charge in [0.15, 0.2) is 0 Å². The average Bonchev–Trinajstić information content (AvgIpc) is 1.89. The number of hydrogen-bond donors (Lipinski definition) is 0. The molecule has 0 spiro atoms. The van der Waals surface area contributed by atoms with E-state index in [4.69, 9.17) is 0 Å². The van der Waals surface area contributed by atoms with E-state index >= 15 is 0 Å². The van der Waals surface area contributed by atoms with Gasteiger partial charge >= 0.3 is 0 Å². The van der Waals surface area contributed by atoms with Crippen LogP contribution in [0.1, 0.15) is 6.92 Å². The van der Waals surface area contributed by atoms with Crippen molar-refractivity contribution in [2.45, 2.75) is 6.92 Å². The van der Waals surface area contributed by atoms with Crippen molar-refractivity contribution in [3.8, 4) is 0 Å². The lowest BCUT2D eigenvalue weighted by Crippen LogP contribution is -1.81. The van der Waals surface area contributed by atoms with Crippen LogP contribution in [-0.4, -0.2) is 26.1 Å². The van der Waals surface area contributed by atoms with Crippen LogP contribution >= 0.6 is 0 Å². The molecule has 0 aliphatic heterocycles. The van der Waals surface area contributed by atoms with Crippen molar-refractivity contribution in [2.24, 2.45) is 10.3 Å². The Morgan fingerprint density at radius 1 is 1.33 bits per heavy atom. The summed E-state index contributed by atoms with van der Waals surface area (Å²) in [5, 5.41) is 6.86. The van der Waals surface area contributed by atoms with E-state index in [1.165, 1.54) is 19.5 Å². The van der Waals surface area contributed by atoms with Crippen LogP contribution in [0, 0.1) is 0 Å². The summed E-state index contributed by atoms with van der Waals surface area (Å²) in [6.07, 6.45) is 2.81. The van der Waals surface area contributed by atoms with E-state index in [2.05, 4.69) is 20.0 Å². The molecule has 4 heteroatoms. The van der Waals surface area contributed by atoms with E-state index in [1.54, 1.807) is 0 Å². The topological polar surface area (TPSA) is 43.2 Å². The fraction of sp³-hybridized carbons (Fsp3) is 0.600. The summed E-state index contributed by atoms with van der Waals surface area (Å²) in [5.41, 5.74) is 0. The molecule has 0 amide bonds. The molecule has 0 saturated heterocycles. The number of hydrogen-bond acceptors (Lipinski definition) is 4. The van der Waals surface area contributed by atoms with Gasteiger partial charge in [-0.25, -0.2) is 0 Å². The Balaban J connectivity index is 3.13. The molecule has 0 aliphatic carbocycles. The van der Waals surface area contributed by atoms with E-state index in [1.807, 2.05) is 6.92 Å². The lowest BCUT2D eigenvalue weighted by Gasteiger charge is -1.85. The molecule has 0 N–H and O–H groups in total. The quantitative estimate of drug-likeness (QED) is 0.414. The lowest BCUT2D eigenvalue weighted by atomic mass is 10.8. The second kappa shape index (κ2) is 6.94. The van der Waals surface area contributed by atoms with Gasteiger partial charge in [0.05, 0.1) is 12.4 Å². The predicted molar refractivity (Wildman–Crippen MR) is 35.6 cm³/mol. The Kier molecular flexibility index (Phi) is 6.12. The Morgan fingerprint density at radius 3 is 2.56 bits per heavy atom. The molecule has 0 fully saturated rings. The van der Waals surface area contributed by atoms with E-state index in [9.17, 15) is 0 Å². The second-order valence-electron chi connectivity index (χ2n) is 1.11. The normalized spacial score (nSPS) is 10.9. The van der Waals surface area contributed by atoms with Gasteiger partial charge in [-0.05, 0) is 6.92 Å². The van der Waals surface area contributed by atoms with Gasteiger partial charge in [-0.3, -0.25) is 0 Å². The van der Waals surface area contributed by atoms with Gasteiger partial charge in [-0.15, -0.1) is 0 Å². The Morgan fingerprint density at radius 2 is 2.00 bits per heavy atom. The first-order valence-electron chi connectivity index (χ1n) is 2.62. The third-order valence-corrected chi connectivity index (χ3v) is 0.497. The molecular formula is C5H10N2O2. The van der Waals surface area contributed by atoms with Crippen LogP contribution in [0.3, 0.4) is 0 Å². The van der Waals surface area contributed by atoms with Crippen LogP contribution in [-0.2, 0) is 9.68 Å². The van der Waals surface area contributed by atoms with Gasteiger partial charge in [-0.2, -0.15) is 0 Å². The third-order valence-electron chi connectivity index (χ3n) is 0.497. The zero-order chi connectivity index (χ0) is 6.95. The first-order chi connectivity index (χ1) is 4.41. The van der Waals surface area contributed by atoms with Crippen molar-refractivity contribution in [3.05, 3.63) is 0 Å². The van der Waals surface area contributed by atoms with Crippen LogP contribution in [0.25, 0.3) is 0 Å². The SMILES string of the molecule is CCON=CC=NOC. The van der Waals surface area contributed by atoms with Crippen molar-refractivity contribution in [3.63, 3.8) is 0 Å². The van der Waals surface area contributed by atoms with Gasteiger partial charge in [0.2, 0.25) is 0 Å². The van der Waals surface area contributed by atoms with Crippen molar-refractivity contribution in [1.29, 1.82) is 0 Å². The highest BCUT2D eigenvalue weighted by atomic mass is 16.6. The summed E-state index contributed by atoms with van der Waals surface area (Å²) in [4.78, 5) is 8.95. The van der Waals surface area contributed by atoms with Crippen LogP contribution in [0.15, 0.2) is 10.3 Å². The first kappa shape index (κ1) is 7.94. The van der Waals surface area contributed by atoms with Gasteiger partial charge in [0, 0.05) is 0 Å². The van der Waals surface area contributed by atoms with Gasteiger partial charge in [0.1, 0.15) is 13.7 Å². The highest BCUT2D eigenvalue weighted by Gasteiger charge is 1.66. The molecule has 0 saturated carbocycles. The highest BCUT2D eigenvalue weighted by molar-refractivity contribution is 6.15. The fourth-order valence-electron chi connectivity index (χ4n) is 0.233. The molecule has 9 heavy (non-hydrogen) atoms. The minimum atomic E-state index is 0.567. The molecule has 0 aromatic carbocycles. The second-order valence-corrected chi connectivity index (χ2v) is 1.11. The zero-order valence-electron chi connectivity index (χ0n) is 5.57. The Labute approximate surface area is 54.1 Å². The zero-order valence-corrected chi connectivity index (χ0v) is 5.57. The summed E-state index contributed by atoms with van der Waals surface area (Å²) in [7, 11) is 1.46. The largest absolute Gasteiger partial charge is 0.399 e. The number of rotatable bonds is 4. The smallest absolute Gasteiger partial charge is 0.114 e. The fourth-order valence-corrected chi connectivity index (χ4v) is 0.233. The highest BCUT2D eigenvalue weighted by Crippen LogP contribution is 1.69. The van der Waals surface area contributed by atoms with Crippen LogP contribution in [0.2, 0.25) is 0 Å². The molecule has 0 aromatic rings. The van der Waals surface area contributed by atoms with Crippen molar-refractivity contribution < 1.29 is 9.68 Å². The summed E-state index contributed by atoms with van der Waals surface area (Å²) in [6.45, 7) is 2.42. The van der Waals surface area contributed by atoms with E-state index < -0.39 is 0 Å². The first-order valence-corrected chi connectivity index (χ1v) is 2.62. The Bertz CT molecular complexity index is 101. The molecule has 0 aliphatic rings. The summed E-state index contributed by atoms with van der Waals surface area (Å²) >= 11 is 0. The van der Waals surface area contributed by atoms with Crippen LogP contribution < -0.4 is 0 Å². The molecule has 0 unspecified atom stereocenters. The maximum absolute atomic E-state index is 4.60. The molecule has 0 heterocycles. The average molecular weight is 130 g/mol. The van der Waals surface area contributed by atoms with E-state index in [0.717, 1.165) is 0 Å². The lowest BCUT2D eigenvalue weighted by molar-refractivity contribution is 0.161. The maximum atomic E-state index is 4.60. The summed E-state index contributed by atoms with van der Waals surface area (Å²) < 4.78 is 0. The number of oxime groups is 2. The molecule has 0 bridgehead atoms. The summed E-state index contributed by atoms with van der Waals surface area (Å²) in [5.74, 6) is 0. The minimum Gasteiger partial charge on any atom is -0.399 e. The molecule has 52 valence electrons. The van der Waals surface area contributed by atoms with Crippen molar-refractivity contribution in [1.82, 2.24) is 0 Å². The van der Waals surface area contributed by atoms with E-state index in [-0.39, 0.29) is 0 Å². The molecular weight excluding hydrogens is 120 g/mol. The molecule has 4 nitrogen and oxygen atoms in total. The Hall–Kier alpha value is -1.06. The predicted octanol–water partition coefficient (Wildman–Crippen LogP) is 0.641. The van der Waals surface area contributed by atoms with Gasteiger partial charge in [0.25, 0.3) is 0 Å². The molecule has 0 atom stereocenters. The van der Waals surface area contributed by atoms with Crippen LogP contribution in [0.5, 0.6) is 0 Å². The van der Waals surface area contributed by atoms with Gasteiger partial charge in [-0.1, -0.05) is 10.3 Å². The monoisotopic (exact) mass is 130 g/mol. The molecule has 0 radical (unpaired) electrons. The van der Waals surface area contributed by atoms with Crippen LogP contribution in [0.4, 0.5) is 0 Å². The number of nitrogens with zero attached hydrogens (tertiary/aromatic N) is 2. The maximum Gasteiger partial charge on any atom is 0.114 e. The summed E-state index contributed by atoms with van der Waals surface area (Å²) in [6, 6.07) is 0. The van der Waals surface area contributed by atoms with Crippen molar-refractivity contribution >= 4 is 12.4 Å². The third kappa shape index (κ3) is 6.94. The molecule has 0 rings (SSSR count). The van der Waals surface area contributed by atoms with Crippen molar-refractivity contribution in [2.75, 3.05) is 13.7 Å².